The molecule has 150 valence electrons. The second kappa shape index (κ2) is 8.96. The molecule has 2 aliphatic rings. The highest BCUT2D eigenvalue weighted by Crippen LogP contribution is 2.29. The van der Waals surface area contributed by atoms with Crippen molar-refractivity contribution in [2.24, 2.45) is 11.8 Å². The van der Waals surface area contributed by atoms with Crippen LogP contribution in [0.15, 0.2) is 24.3 Å². The molecule has 27 heavy (non-hydrogen) atoms. The van der Waals surface area contributed by atoms with Crippen molar-refractivity contribution in [1.29, 1.82) is 0 Å². The molecule has 0 aromatic heterocycles. The zero-order valence-electron chi connectivity index (χ0n) is 17.3. The molecule has 0 bridgehead atoms. The third-order valence-corrected chi connectivity index (χ3v) is 6.88. The maximum Gasteiger partial charge on any atom is 0.278 e. The predicted molar refractivity (Wildman–Crippen MR) is 109 cm³/mol. The van der Waals surface area contributed by atoms with Gasteiger partial charge in [-0.3, -0.25) is 4.79 Å². The second-order valence-corrected chi connectivity index (χ2v) is 8.45. The minimum Gasteiger partial charge on any atom is -0.497 e. The Kier molecular flexibility index (Phi) is 6.64. The smallest absolute Gasteiger partial charge is 0.278 e. The number of nitrogens with zero attached hydrogens (tertiary/aromatic N) is 1. The van der Waals surface area contributed by atoms with Gasteiger partial charge in [0.15, 0.2) is 6.04 Å². The second-order valence-electron chi connectivity index (χ2n) is 8.45. The summed E-state index contributed by atoms with van der Waals surface area (Å²) in [5.74, 6) is 2.41. The van der Waals surface area contributed by atoms with Crippen LogP contribution >= 0.6 is 0 Å². The summed E-state index contributed by atoms with van der Waals surface area (Å²) in [5, 5.41) is 3.36. The highest BCUT2D eigenvalue weighted by Gasteiger charge is 2.33. The number of hydrogen-bond acceptors (Lipinski definition) is 3. The Morgan fingerprint density at radius 2 is 1.85 bits per heavy atom. The first-order chi connectivity index (χ1) is 13.0. The van der Waals surface area contributed by atoms with Crippen molar-refractivity contribution in [2.45, 2.75) is 52.1 Å². The van der Waals surface area contributed by atoms with E-state index in [1.807, 2.05) is 12.1 Å². The van der Waals surface area contributed by atoms with Gasteiger partial charge in [0, 0.05) is 11.7 Å². The number of ether oxygens (including phenoxy) is 1. The van der Waals surface area contributed by atoms with Gasteiger partial charge in [-0.15, -0.1) is 0 Å². The van der Waals surface area contributed by atoms with Crippen molar-refractivity contribution in [3.63, 3.8) is 0 Å². The Morgan fingerprint density at radius 3 is 2.48 bits per heavy atom. The van der Waals surface area contributed by atoms with Crippen LogP contribution in [0.4, 0.5) is 5.69 Å². The summed E-state index contributed by atoms with van der Waals surface area (Å²) in [4.78, 5) is 16.6. The first-order valence-corrected chi connectivity index (χ1v) is 10.5. The van der Waals surface area contributed by atoms with Crippen LogP contribution in [0.5, 0.6) is 5.75 Å². The van der Waals surface area contributed by atoms with Gasteiger partial charge < -0.3 is 19.9 Å². The fourth-order valence-corrected chi connectivity index (χ4v) is 4.56. The summed E-state index contributed by atoms with van der Waals surface area (Å²) in [5.41, 5.74) is 1.23. The number of carbonyl (C=O) groups is 1. The van der Waals surface area contributed by atoms with Crippen molar-refractivity contribution >= 4 is 11.6 Å². The molecule has 1 aromatic carbocycles. The van der Waals surface area contributed by atoms with Crippen LogP contribution in [0.1, 0.15) is 40.0 Å². The third-order valence-electron chi connectivity index (χ3n) is 6.88. The van der Waals surface area contributed by atoms with Gasteiger partial charge in [0.1, 0.15) is 5.75 Å². The van der Waals surface area contributed by atoms with E-state index in [-0.39, 0.29) is 11.9 Å². The summed E-state index contributed by atoms with van der Waals surface area (Å²) in [6, 6.07) is 8.63. The number of amides is 1. The van der Waals surface area contributed by atoms with Gasteiger partial charge in [-0.05, 0) is 49.4 Å². The lowest BCUT2D eigenvalue weighted by molar-refractivity contribution is -0.914. The van der Waals surface area contributed by atoms with Crippen molar-refractivity contribution in [1.82, 2.24) is 5.32 Å². The number of carbonyl (C=O) groups excluding carboxylic acids is 1. The molecule has 1 saturated heterocycles. The monoisotopic (exact) mass is 374 g/mol. The average molecular weight is 375 g/mol. The fraction of sp³-hybridized carbons (Fsp3) is 0.682. The van der Waals surface area contributed by atoms with E-state index in [1.165, 1.54) is 23.4 Å². The molecule has 5 nitrogen and oxygen atoms in total. The molecular formula is C22H36N3O2+. The van der Waals surface area contributed by atoms with E-state index in [4.69, 9.17) is 4.74 Å². The number of benzene rings is 1. The van der Waals surface area contributed by atoms with Gasteiger partial charge in [0.2, 0.25) is 0 Å². The molecule has 1 heterocycles. The largest absolute Gasteiger partial charge is 0.497 e. The minimum absolute atomic E-state index is 0.0208. The van der Waals surface area contributed by atoms with E-state index in [0.717, 1.165) is 38.3 Å². The van der Waals surface area contributed by atoms with Gasteiger partial charge in [-0.1, -0.05) is 26.7 Å². The number of nitrogens with one attached hydrogen (secondary N) is 2. The molecule has 1 amide bonds. The molecule has 0 spiro atoms. The van der Waals surface area contributed by atoms with E-state index in [1.54, 1.807) is 7.11 Å². The quantitative estimate of drug-likeness (QED) is 0.825. The zero-order chi connectivity index (χ0) is 19.4. The lowest BCUT2D eigenvalue weighted by Gasteiger charge is -2.38. The van der Waals surface area contributed by atoms with Crippen molar-refractivity contribution in [2.75, 3.05) is 38.2 Å². The van der Waals surface area contributed by atoms with Crippen molar-refractivity contribution in [3.8, 4) is 5.75 Å². The van der Waals surface area contributed by atoms with Gasteiger partial charge in [0.05, 0.1) is 33.3 Å². The molecule has 5 heteroatoms. The molecule has 1 aliphatic heterocycles. The number of quaternary nitrogens is 1. The Bertz CT molecular complexity index is 610. The van der Waals surface area contributed by atoms with Crippen LogP contribution in [-0.2, 0) is 4.79 Å². The van der Waals surface area contributed by atoms with Crippen molar-refractivity contribution in [3.05, 3.63) is 24.3 Å². The first-order valence-electron chi connectivity index (χ1n) is 10.5. The van der Waals surface area contributed by atoms with Crippen LogP contribution in [0, 0.1) is 11.8 Å². The zero-order valence-corrected chi connectivity index (χ0v) is 17.3. The standard InChI is InChI=1S/C22H35N3O2/c1-16-6-5-7-21(17(16)2)23-22(26)18(3)24-12-14-25(15-13-24)19-8-10-20(27-4)11-9-19/h8-11,16-18,21H,5-7,12-15H2,1-4H3,(H,23,26)/p+1/t16-,17-,18-,21-/m1/s1. The summed E-state index contributed by atoms with van der Waals surface area (Å²) in [6.45, 7) is 10.7. The van der Waals surface area contributed by atoms with E-state index in [0.29, 0.717) is 17.9 Å². The summed E-state index contributed by atoms with van der Waals surface area (Å²) < 4.78 is 5.24. The lowest BCUT2D eigenvalue weighted by atomic mass is 9.78. The Labute approximate surface area is 164 Å². The van der Waals surface area contributed by atoms with Gasteiger partial charge in [-0.25, -0.2) is 0 Å². The summed E-state index contributed by atoms with van der Waals surface area (Å²) in [7, 11) is 1.69. The van der Waals surface area contributed by atoms with E-state index >= 15 is 0 Å². The Hall–Kier alpha value is -1.75. The molecule has 1 aliphatic carbocycles. The highest BCUT2D eigenvalue weighted by atomic mass is 16.5. The number of rotatable bonds is 5. The Balaban J connectivity index is 1.50. The van der Waals surface area contributed by atoms with Gasteiger partial charge in [0.25, 0.3) is 5.91 Å². The van der Waals surface area contributed by atoms with Crippen LogP contribution in [0.3, 0.4) is 0 Å². The van der Waals surface area contributed by atoms with Gasteiger partial charge >= 0.3 is 0 Å². The third kappa shape index (κ3) is 4.75. The SMILES string of the molecule is COc1ccc(N2CC[NH+]([C@H](C)C(=O)N[C@@H]3CCC[C@@H](C)[C@H]3C)CC2)cc1. The first kappa shape index (κ1) is 20.0. The number of piperazine rings is 1. The summed E-state index contributed by atoms with van der Waals surface area (Å²) in [6.07, 6.45) is 3.66. The molecule has 1 aromatic rings. The molecule has 2 fully saturated rings. The van der Waals surface area contributed by atoms with E-state index < -0.39 is 0 Å². The molecule has 3 rings (SSSR count). The molecule has 0 radical (unpaired) electrons. The lowest BCUT2D eigenvalue weighted by Crippen LogP contribution is -3.19. The van der Waals surface area contributed by atoms with Crippen LogP contribution in [0.2, 0.25) is 0 Å². The molecular weight excluding hydrogens is 338 g/mol. The molecule has 1 saturated carbocycles. The normalized spacial score (nSPS) is 27.9. The summed E-state index contributed by atoms with van der Waals surface area (Å²) >= 11 is 0. The fourth-order valence-electron chi connectivity index (χ4n) is 4.56. The van der Waals surface area contributed by atoms with Crippen LogP contribution in [0.25, 0.3) is 0 Å². The number of methoxy groups -OCH3 is 1. The van der Waals surface area contributed by atoms with Gasteiger partial charge in [-0.2, -0.15) is 0 Å². The van der Waals surface area contributed by atoms with Crippen molar-refractivity contribution < 1.29 is 14.4 Å². The van der Waals surface area contributed by atoms with E-state index in [9.17, 15) is 4.79 Å². The maximum atomic E-state index is 12.8. The van der Waals surface area contributed by atoms with Crippen LogP contribution in [-0.4, -0.2) is 51.3 Å². The molecule has 0 unspecified atom stereocenters. The van der Waals surface area contributed by atoms with E-state index in [2.05, 4.69) is 43.1 Å². The maximum absolute atomic E-state index is 12.8. The van der Waals surface area contributed by atoms with Crippen LogP contribution < -0.4 is 19.9 Å². The molecule has 4 atom stereocenters. The predicted octanol–water partition coefficient (Wildman–Crippen LogP) is 1.73. The number of hydrogen-bond donors (Lipinski definition) is 2. The average Bonchev–Trinajstić information content (AvgIpc) is 2.71. The topological polar surface area (TPSA) is 46.0 Å². The number of anilines is 1. The Morgan fingerprint density at radius 1 is 1.19 bits per heavy atom. The minimum atomic E-state index is 0.0208. The highest BCUT2D eigenvalue weighted by molar-refractivity contribution is 5.80. The molecule has 2 N–H and O–H groups in total.